The van der Waals surface area contributed by atoms with Crippen LogP contribution in [0.2, 0.25) is 0 Å². The number of hydrogen-bond acceptors (Lipinski definition) is 2. The van der Waals surface area contributed by atoms with Gasteiger partial charge in [-0.3, -0.25) is 4.79 Å². The maximum Gasteiger partial charge on any atom is 0.251 e. The van der Waals surface area contributed by atoms with Crippen molar-refractivity contribution in [2.45, 2.75) is 6.54 Å². The summed E-state index contributed by atoms with van der Waals surface area (Å²) in [6.07, 6.45) is 0. The van der Waals surface area contributed by atoms with E-state index in [9.17, 15) is 4.79 Å². The van der Waals surface area contributed by atoms with Crippen molar-refractivity contribution >= 4 is 28.5 Å². The Labute approximate surface area is 119 Å². The quantitative estimate of drug-likeness (QED) is 0.834. The van der Waals surface area contributed by atoms with Gasteiger partial charge >= 0.3 is 0 Å². The molecule has 0 unspecified atom stereocenters. The van der Waals surface area contributed by atoms with Gasteiger partial charge in [0.15, 0.2) is 0 Å². The van der Waals surface area contributed by atoms with Gasteiger partial charge in [0.25, 0.3) is 5.91 Å². The Kier molecular flexibility index (Phi) is 4.19. The van der Waals surface area contributed by atoms with E-state index in [1.165, 1.54) is 0 Å². The molecule has 2 aromatic rings. The molecule has 0 aliphatic rings. The molecule has 18 heavy (non-hydrogen) atoms. The average Bonchev–Trinajstić information content (AvgIpc) is 2.38. The lowest BCUT2D eigenvalue weighted by Crippen LogP contribution is -2.22. The topological polar surface area (TPSA) is 49.3 Å². The molecule has 0 heterocycles. The first-order chi connectivity index (χ1) is 8.65. The van der Waals surface area contributed by atoms with Gasteiger partial charge in [-0.15, -0.1) is 0 Å². The minimum Gasteiger partial charge on any atom is -0.508 e. The van der Waals surface area contributed by atoms with Gasteiger partial charge < -0.3 is 10.4 Å². The molecular weight excluding hydrogens is 341 g/mol. The van der Waals surface area contributed by atoms with Crippen LogP contribution in [0.25, 0.3) is 0 Å². The van der Waals surface area contributed by atoms with Crippen LogP contribution in [-0.4, -0.2) is 11.0 Å². The maximum atomic E-state index is 11.9. The molecule has 2 aromatic carbocycles. The zero-order chi connectivity index (χ0) is 13.0. The summed E-state index contributed by atoms with van der Waals surface area (Å²) in [6, 6.07) is 14.2. The van der Waals surface area contributed by atoms with Gasteiger partial charge in [0, 0.05) is 15.7 Å². The summed E-state index contributed by atoms with van der Waals surface area (Å²) in [6.45, 7) is 0.449. The highest BCUT2D eigenvalue weighted by Gasteiger charge is 2.05. The van der Waals surface area contributed by atoms with E-state index in [-0.39, 0.29) is 11.7 Å². The average molecular weight is 353 g/mol. The highest BCUT2D eigenvalue weighted by atomic mass is 127. The number of amides is 1. The number of rotatable bonds is 3. The molecule has 0 fully saturated rings. The van der Waals surface area contributed by atoms with Crippen molar-refractivity contribution in [1.29, 1.82) is 0 Å². The Morgan fingerprint density at radius 1 is 1.17 bits per heavy atom. The summed E-state index contributed by atoms with van der Waals surface area (Å²) in [5.41, 5.74) is 1.60. The SMILES string of the molecule is O=C(NCc1ccc(O)cc1)c1cccc(I)c1. The predicted octanol–water partition coefficient (Wildman–Crippen LogP) is 2.93. The van der Waals surface area contributed by atoms with Crippen molar-refractivity contribution in [3.05, 3.63) is 63.2 Å². The molecule has 1 amide bonds. The van der Waals surface area contributed by atoms with Crippen molar-refractivity contribution in [3.63, 3.8) is 0 Å². The van der Waals surface area contributed by atoms with Crippen molar-refractivity contribution in [2.24, 2.45) is 0 Å². The molecule has 92 valence electrons. The predicted molar refractivity (Wildman–Crippen MR) is 78.4 cm³/mol. The Hall–Kier alpha value is -1.56. The zero-order valence-corrected chi connectivity index (χ0v) is 11.7. The fourth-order valence-corrected chi connectivity index (χ4v) is 2.07. The van der Waals surface area contributed by atoms with E-state index >= 15 is 0 Å². The Bertz CT molecular complexity index is 552. The standard InChI is InChI=1S/C14H12INO2/c15-12-3-1-2-11(8-12)14(18)16-9-10-4-6-13(17)7-5-10/h1-8,17H,9H2,(H,16,18). The van der Waals surface area contributed by atoms with Crippen LogP contribution in [0.4, 0.5) is 0 Å². The first-order valence-electron chi connectivity index (χ1n) is 5.47. The fourth-order valence-electron chi connectivity index (χ4n) is 1.53. The number of nitrogens with one attached hydrogen (secondary N) is 1. The molecule has 2 N–H and O–H groups in total. The molecule has 0 aliphatic heterocycles. The minimum atomic E-state index is -0.0957. The number of carbonyl (C=O) groups is 1. The second kappa shape index (κ2) is 5.86. The van der Waals surface area contributed by atoms with Gasteiger partial charge in [0.1, 0.15) is 5.75 Å². The number of hydrogen-bond donors (Lipinski definition) is 2. The highest BCUT2D eigenvalue weighted by molar-refractivity contribution is 14.1. The molecule has 0 bridgehead atoms. The third kappa shape index (κ3) is 3.46. The molecule has 0 radical (unpaired) electrons. The highest BCUT2D eigenvalue weighted by Crippen LogP contribution is 2.10. The summed E-state index contributed by atoms with van der Waals surface area (Å²) in [4.78, 5) is 11.9. The number of carbonyl (C=O) groups excluding carboxylic acids is 1. The number of phenolic OH excluding ortho intramolecular Hbond substituents is 1. The lowest BCUT2D eigenvalue weighted by atomic mass is 10.2. The number of phenols is 1. The smallest absolute Gasteiger partial charge is 0.251 e. The van der Waals surface area contributed by atoms with Crippen molar-refractivity contribution in [3.8, 4) is 5.75 Å². The van der Waals surface area contributed by atoms with E-state index in [1.54, 1.807) is 30.3 Å². The lowest BCUT2D eigenvalue weighted by Gasteiger charge is -2.06. The van der Waals surface area contributed by atoms with Crippen LogP contribution in [0.3, 0.4) is 0 Å². The van der Waals surface area contributed by atoms with Gasteiger partial charge in [-0.05, 0) is 58.5 Å². The molecule has 0 aromatic heterocycles. The molecule has 0 spiro atoms. The summed E-state index contributed by atoms with van der Waals surface area (Å²) < 4.78 is 1.03. The normalized spacial score (nSPS) is 10.1. The third-order valence-electron chi connectivity index (χ3n) is 2.48. The minimum absolute atomic E-state index is 0.0957. The maximum absolute atomic E-state index is 11.9. The second-order valence-corrected chi connectivity index (χ2v) is 5.11. The number of benzene rings is 2. The molecule has 3 nitrogen and oxygen atoms in total. The van der Waals surface area contributed by atoms with E-state index in [2.05, 4.69) is 27.9 Å². The Balaban J connectivity index is 1.98. The summed E-state index contributed by atoms with van der Waals surface area (Å²) >= 11 is 2.17. The van der Waals surface area contributed by atoms with Crippen LogP contribution < -0.4 is 5.32 Å². The van der Waals surface area contributed by atoms with Gasteiger partial charge in [-0.2, -0.15) is 0 Å². The monoisotopic (exact) mass is 353 g/mol. The van der Waals surface area contributed by atoms with Crippen molar-refractivity contribution in [2.75, 3.05) is 0 Å². The van der Waals surface area contributed by atoms with Gasteiger partial charge in [-0.1, -0.05) is 18.2 Å². The largest absolute Gasteiger partial charge is 0.508 e. The fraction of sp³-hybridized carbons (Fsp3) is 0.0714. The van der Waals surface area contributed by atoms with Gasteiger partial charge in [-0.25, -0.2) is 0 Å². The van der Waals surface area contributed by atoms with Crippen LogP contribution in [0, 0.1) is 3.57 Å². The molecule has 2 rings (SSSR count). The van der Waals surface area contributed by atoms with Gasteiger partial charge in [0.2, 0.25) is 0 Å². The number of aromatic hydroxyl groups is 1. The first-order valence-corrected chi connectivity index (χ1v) is 6.55. The van der Waals surface area contributed by atoms with Crippen LogP contribution in [0.1, 0.15) is 15.9 Å². The molecule has 0 atom stereocenters. The first kappa shape index (κ1) is 12.9. The van der Waals surface area contributed by atoms with E-state index in [4.69, 9.17) is 5.11 Å². The molecular formula is C14H12INO2. The number of halogens is 1. The Morgan fingerprint density at radius 2 is 1.89 bits per heavy atom. The van der Waals surface area contributed by atoms with E-state index in [1.807, 2.05) is 18.2 Å². The lowest BCUT2D eigenvalue weighted by molar-refractivity contribution is 0.0951. The molecule has 0 saturated heterocycles. The van der Waals surface area contributed by atoms with Crippen LogP contribution >= 0.6 is 22.6 Å². The molecule has 0 aliphatic carbocycles. The zero-order valence-electron chi connectivity index (χ0n) is 9.56. The van der Waals surface area contributed by atoms with Crippen molar-refractivity contribution < 1.29 is 9.90 Å². The summed E-state index contributed by atoms with van der Waals surface area (Å²) in [7, 11) is 0. The summed E-state index contributed by atoms with van der Waals surface area (Å²) in [5, 5.41) is 12.0. The molecule has 4 heteroatoms. The van der Waals surface area contributed by atoms with E-state index < -0.39 is 0 Å². The second-order valence-electron chi connectivity index (χ2n) is 3.86. The third-order valence-corrected chi connectivity index (χ3v) is 3.15. The summed E-state index contributed by atoms with van der Waals surface area (Å²) in [5.74, 6) is 0.129. The van der Waals surface area contributed by atoms with Crippen LogP contribution in [0.15, 0.2) is 48.5 Å². The van der Waals surface area contributed by atoms with Crippen molar-refractivity contribution in [1.82, 2.24) is 5.32 Å². The van der Waals surface area contributed by atoms with E-state index in [0.29, 0.717) is 12.1 Å². The Morgan fingerprint density at radius 3 is 2.56 bits per heavy atom. The van der Waals surface area contributed by atoms with Crippen LogP contribution in [0.5, 0.6) is 5.75 Å². The van der Waals surface area contributed by atoms with E-state index in [0.717, 1.165) is 9.13 Å². The van der Waals surface area contributed by atoms with Crippen LogP contribution in [-0.2, 0) is 6.54 Å². The van der Waals surface area contributed by atoms with Gasteiger partial charge in [0.05, 0.1) is 0 Å². The molecule has 0 saturated carbocycles.